The highest BCUT2D eigenvalue weighted by atomic mass is 19.1. The van der Waals surface area contributed by atoms with Gasteiger partial charge >= 0.3 is 0 Å². The Morgan fingerprint density at radius 2 is 1.96 bits per heavy atom. The lowest BCUT2D eigenvalue weighted by atomic mass is 9.86. The summed E-state index contributed by atoms with van der Waals surface area (Å²) in [7, 11) is 0. The second kappa shape index (κ2) is 7.57. The van der Waals surface area contributed by atoms with Crippen molar-refractivity contribution in [3.8, 4) is 0 Å². The monoisotopic (exact) mass is 368 g/mol. The van der Waals surface area contributed by atoms with Crippen LogP contribution in [0.5, 0.6) is 0 Å². The molecule has 27 heavy (non-hydrogen) atoms. The number of hydrogen-bond acceptors (Lipinski definition) is 5. The van der Waals surface area contributed by atoms with Crippen LogP contribution in [0.25, 0.3) is 0 Å². The van der Waals surface area contributed by atoms with Crippen LogP contribution in [0.1, 0.15) is 42.3 Å². The van der Waals surface area contributed by atoms with Crippen molar-refractivity contribution >= 4 is 11.7 Å². The zero-order valence-electron chi connectivity index (χ0n) is 15.4. The van der Waals surface area contributed by atoms with Gasteiger partial charge in [-0.15, -0.1) is 0 Å². The predicted octanol–water partition coefficient (Wildman–Crippen LogP) is 3.72. The van der Waals surface area contributed by atoms with Crippen molar-refractivity contribution in [1.82, 2.24) is 15.5 Å². The molecule has 7 heteroatoms. The maximum Gasteiger partial charge on any atom is 0.253 e. The number of benzene rings is 1. The van der Waals surface area contributed by atoms with E-state index in [-0.39, 0.29) is 17.8 Å². The van der Waals surface area contributed by atoms with Gasteiger partial charge in [-0.1, -0.05) is 23.4 Å². The fourth-order valence-electron chi connectivity index (χ4n) is 2.82. The van der Waals surface area contributed by atoms with Gasteiger partial charge in [-0.2, -0.15) is 0 Å². The highest BCUT2D eigenvalue weighted by Gasteiger charge is 2.33. The molecule has 0 spiro atoms. The summed E-state index contributed by atoms with van der Waals surface area (Å²) in [6, 6.07) is 9.87. The SMILES string of the molecule is CC(C)NC(=O)c1ccc(NC(C)(c2cnoc2)c2ccccc2F)nc1. The topological polar surface area (TPSA) is 80.0 Å². The first-order chi connectivity index (χ1) is 12.9. The summed E-state index contributed by atoms with van der Waals surface area (Å²) in [6.45, 7) is 5.60. The molecule has 0 saturated heterocycles. The second-order valence-electron chi connectivity index (χ2n) is 6.70. The molecular formula is C20H21FN4O2. The van der Waals surface area contributed by atoms with E-state index in [4.69, 9.17) is 4.52 Å². The fraction of sp³-hybridized carbons (Fsp3) is 0.250. The number of amides is 1. The normalized spacial score (nSPS) is 13.2. The van der Waals surface area contributed by atoms with Gasteiger partial charge < -0.3 is 15.2 Å². The molecule has 3 aromatic rings. The summed E-state index contributed by atoms with van der Waals surface area (Å²) < 4.78 is 19.5. The Morgan fingerprint density at radius 3 is 2.56 bits per heavy atom. The molecule has 6 nitrogen and oxygen atoms in total. The third-order valence-electron chi connectivity index (χ3n) is 4.25. The van der Waals surface area contributed by atoms with E-state index >= 15 is 0 Å². The van der Waals surface area contributed by atoms with E-state index in [2.05, 4.69) is 20.8 Å². The average Bonchev–Trinajstić information content (AvgIpc) is 3.17. The molecule has 0 aliphatic rings. The minimum Gasteiger partial charge on any atom is -0.364 e. The van der Waals surface area contributed by atoms with Gasteiger partial charge in [0.25, 0.3) is 5.91 Å². The number of carbonyl (C=O) groups is 1. The number of anilines is 1. The summed E-state index contributed by atoms with van der Waals surface area (Å²) in [5, 5.41) is 9.79. The molecule has 0 saturated carbocycles. The summed E-state index contributed by atoms with van der Waals surface area (Å²) in [5.74, 6) is -0.0652. The summed E-state index contributed by atoms with van der Waals surface area (Å²) >= 11 is 0. The Balaban J connectivity index is 1.92. The van der Waals surface area contributed by atoms with Crippen molar-refractivity contribution in [1.29, 1.82) is 0 Å². The Kier molecular flexibility index (Phi) is 5.21. The maximum absolute atomic E-state index is 14.5. The van der Waals surface area contributed by atoms with Gasteiger partial charge in [0.2, 0.25) is 0 Å². The summed E-state index contributed by atoms with van der Waals surface area (Å²) in [6.07, 6.45) is 4.48. The molecule has 0 aliphatic heterocycles. The van der Waals surface area contributed by atoms with E-state index in [1.54, 1.807) is 30.3 Å². The lowest BCUT2D eigenvalue weighted by molar-refractivity contribution is 0.0943. The first-order valence-electron chi connectivity index (χ1n) is 8.60. The Morgan fingerprint density at radius 1 is 1.19 bits per heavy atom. The second-order valence-corrected chi connectivity index (χ2v) is 6.70. The standard InChI is InChI=1S/C20H21FN4O2/c1-13(2)24-19(26)14-8-9-18(22-10-14)25-20(3,15-11-23-27-12-15)16-6-4-5-7-17(16)21/h4-13H,1-3H3,(H,22,25)(H,24,26). The molecule has 0 aliphatic carbocycles. The minimum absolute atomic E-state index is 0.0354. The zero-order chi connectivity index (χ0) is 19.4. The largest absolute Gasteiger partial charge is 0.364 e. The van der Waals surface area contributed by atoms with Crippen LogP contribution in [-0.4, -0.2) is 22.1 Å². The number of hydrogen-bond donors (Lipinski definition) is 2. The molecule has 2 N–H and O–H groups in total. The third-order valence-corrected chi connectivity index (χ3v) is 4.25. The molecule has 1 unspecified atom stereocenters. The van der Waals surface area contributed by atoms with Gasteiger partial charge in [0, 0.05) is 23.4 Å². The Bertz CT molecular complexity index is 910. The Hall–Kier alpha value is -3.22. The van der Waals surface area contributed by atoms with Gasteiger partial charge in [-0.05, 0) is 39.0 Å². The molecule has 1 amide bonds. The van der Waals surface area contributed by atoms with Gasteiger partial charge in [0.05, 0.1) is 17.3 Å². The molecule has 1 aromatic carbocycles. The number of carbonyl (C=O) groups excluding carboxylic acids is 1. The van der Waals surface area contributed by atoms with Crippen LogP contribution < -0.4 is 10.6 Å². The fourth-order valence-corrected chi connectivity index (χ4v) is 2.82. The van der Waals surface area contributed by atoms with E-state index in [9.17, 15) is 9.18 Å². The number of nitrogens with one attached hydrogen (secondary N) is 2. The molecule has 3 rings (SSSR count). The van der Waals surface area contributed by atoms with Gasteiger partial charge in [-0.25, -0.2) is 9.37 Å². The predicted molar refractivity (Wildman–Crippen MR) is 99.8 cm³/mol. The number of aromatic nitrogens is 2. The molecule has 2 aromatic heterocycles. The van der Waals surface area contributed by atoms with Crippen molar-refractivity contribution in [2.24, 2.45) is 0 Å². The van der Waals surface area contributed by atoms with Crippen molar-refractivity contribution in [2.45, 2.75) is 32.4 Å². The molecule has 1 atom stereocenters. The molecule has 0 fully saturated rings. The summed E-state index contributed by atoms with van der Waals surface area (Å²) in [5.41, 5.74) is 0.569. The van der Waals surface area contributed by atoms with Crippen molar-refractivity contribution in [2.75, 3.05) is 5.32 Å². The van der Waals surface area contributed by atoms with Crippen LogP contribution in [0.15, 0.2) is 59.6 Å². The van der Waals surface area contributed by atoms with E-state index in [1.807, 2.05) is 20.8 Å². The van der Waals surface area contributed by atoms with Gasteiger partial charge in [0.15, 0.2) is 0 Å². The highest BCUT2D eigenvalue weighted by molar-refractivity contribution is 5.94. The molecule has 2 heterocycles. The van der Waals surface area contributed by atoms with Gasteiger partial charge in [0.1, 0.15) is 17.9 Å². The number of pyridine rings is 1. The van der Waals surface area contributed by atoms with E-state index < -0.39 is 5.54 Å². The first kappa shape index (κ1) is 18.6. The van der Waals surface area contributed by atoms with Crippen LogP contribution in [-0.2, 0) is 5.54 Å². The maximum atomic E-state index is 14.5. The molecule has 140 valence electrons. The summed E-state index contributed by atoms with van der Waals surface area (Å²) in [4.78, 5) is 16.4. The van der Waals surface area contributed by atoms with Crippen LogP contribution in [0, 0.1) is 5.82 Å². The quantitative estimate of drug-likeness (QED) is 0.693. The van der Waals surface area contributed by atoms with Crippen LogP contribution in [0.2, 0.25) is 0 Å². The first-order valence-corrected chi connectivity index (χ1v) is 8.60. The number of rotatable bonds is 6. The van der Waals surface area contributed by atoms with E-state index in [1.165, 1.54) is 24.7 Å². The van der Waals surface area contributed by atoms with Crippen molar-refractivity contribution in [3.63, 3.8) is 0 Å². The molecule has 0 radical (unpaired) electrons. The van der Waals surface area contributed by atoms with E-state index in [0.29, 0.717) is 22.5 Å². The highest BCUT2D eigenvalue weighted by Crippen LogP contribution is 2.34. The smallest absolute Gasteiger partial charge is 0.253 e. The van der Waals surface area contributed by atoms with Crippen LogP contribution in [0.3, 0.4) is 0 Å². The number of halogens is 1. The van der Waals surface area contributed by atoms with Crippen LogP contribution in [0.4, 0.5) is 10.2 Å². The molecule has 0 bridgehead atoms. The lowest BCUT2D eigenvalue weighted by Gasteiger charge is -2.31. The lowest BCUT2D eigenvalue weighted by Crippen LogP contribution is -2.34. The zero-order valence-corrected chi connectivity index (χ0v) is 15.4. The van der Waals surface area contributed by atoms with E-state index in [0.717, 1.165) is 0 Å². The molecular weight excluding hydrogens is 347 g/mol. The van der Waals surface area contributed by atoms with Crippen molar-refractivity contribution in [3.05, 3.63) is 77.6 Å². The van der Waals surface area contributed by atoms with Crippen LogP contribution >= 0.6 is 0 Å². The number of nitrogens with zero attached hydrogens (tertiary/aromatic N) is 2. The Labute approximate surface area is 156 Å². The average molecular weight is 368 g/mol. The minimum atomic E-state index is -0.958. The van der Waals surface area contributed by atoms with Gasteiger partial charge in [-0.3, -0.25) is 4.79 Å². The third kappa shape index (κ3) is 3.97. The van der Waals surface area contributed by atoms with Crippen molar-refractivity contribution < 1.29 is 13.7 Å².